The molecule has 1 N–H and O–H groups in total. The Morgan fingerprint density at radius 1 is 1.17 bits per heavy atom. The first-order chi connectivity index (χ1) is 14.2. The molecule has 1 aromatic carbocycles. The molecule has 6 heteroatoms. The van der Waals surface area contributed by atoms with E-state index in [1.54, 1.807) is 33.6 Å². The summed E-state index contributed by atoms with van der Waals surface area (Å²) in [6.07, 6.45) is 7.66. The van der Waals surface area contributed by atoms with Crippen molar-refractivity contribution in [1.29, 1.82) is 0 Å². The Hall–Kier alpha value is -2.02. The highest BCUT2D eigenvalue weighted by atomic mass is 32.1. The minimum Gasteiger partial charge on any atom is -0.313 e. The summed E-state index contributed by atoms with van der Waals surface area (Å²) in [7, 11) is 0. The van der Waals surface area contributed by atoms with Crippen LogP contribution in [0.2, 0.25) is 0 Å². The van der Waals surface area contributed by atoms with Crippen molar-refractivity contribution in [3.05, 3.63) is 62.3 Å². The predicted molar refractivity (Wildman–Crippen MR) is 121 cm³/mol. The zero-order chi connectivity index (χ0) is 19.4. The van der Waals surface area contributed by atoms with Gasteiger partial charge in [0.2, 0.25) is 0 Å². The van der Waals surface area contributed by atoms with Gasteiger partial charge in [0, 0.05) is 20.5 Å². The number of benzene rings is 1. The minimum atomic E-state index is 0.120. The Balaban J connectivity index is 1.30. The second kappa shape index (κ2) is 7.04. The Morgan fingerprint density at radius 3 is 2.93 bits per heavy atom. The van der Waals surface area contributed by atoms with E-state index >= 15 is 0 Å². The van der Waals surface area contributed by atoms with Crippen molar-refractivity contribution in [2.75, 3.05) is 6.54 Å². The molecule has 0 bridgehead atoms. The molecule has 1 unspecified atom stereocenters. The second-order valence-electron chi connectivity index (χ2n) is 8.40. The highest BCUT2D eigenvalue weighted by Gasteiger charge is 2.27. The van der Waals surface area contributed by atoms with Gasteiger partial charge in [-0.3, -0.25) is 9.36 Å². The molecule has 0 spiro atoms. The summed E-state index contributed by atoms with van der Waals surface area (Å²) in [6, 6.07) is 11.1. The van der Waals surface area contributed by atoms with Gasteiger partial charge in [0.15, 0.2) is 0 Å². The van der Waals surface area contributed by atoms with Crippen molar-refractivity contribution in [3.8, 4) is 0 Å². The van der Waals surface area contributed by atoms with Crippen LogP contribution < -0.4 is 10.9 Å². The van der Waals surface area contributed by atoms with E-state index in [0.29, 0.717) is 12.6 Å². The van der Waals surface area contributed by atoms with Gasteiger partial charge in [0.05, 0.1) is 18.3 Å². The summed E-state index contributed by atoms with van der Waals surface area (Å²) in [5.74, 6) is 0.904. The Morgan fingerprint density at radius 2 is 2.07 bits per heavy atom. The number of nitrogens with one attached hydrogen (secondary N) is 1. The van der Waals surface area contributed by atoms with Gasteiger partial charge in [0.1, 0.15) is 4.83 Å². The molecule has 29 heavy (non-hydrogen) atoms. The van der Waals surface area contributed by atoms with Gasteiger partial charge in [-0.1, -0.05) is 18.2 Å². The number of fused-ring (bicyclic) bond motifs is 4. The lowest BCUT2D eigenvalue weighted by molar-refractivity contribution is 0.453. The lowest BCUT2D eigenvalue weighted by Crippen LogP contribution is -2.35. The van der Waals surface area contributed by atoms with Crippen molar-refractivity contribution in [2.45, 2.75) is 44.7 Å². The topological polar surface area (TPSA) is 46.9 Å². The zero-order valence-electron chi connectivity index (χ0n) is 16.2. The first-order valence-corrected chi connectivity index (χ1v) is 12.1. The summed E-state index contributed by atoms with van der Waals surface area (Å²) < 4.78 is 3.06. The summed E-state index contributed by atoms with van der Waals surface area (Å²) >= 11 is 3.48. The van der Waals surface area contributed by atoms with Gasteiger partial charge in [0.25, 0.3) is 5.56 Å². The Labute approximate surface area is 177 Å². The van der Waals surface area contributed by atoms with Crippen LogP contribution >= 0.6 is 22.7 Å². The van der Waals surface area contributed by atoms with E-state index in [-0.39, 0.29) is 5.56 Å². The van der Waals surface area contributed by atoms with Crippen molar-refractivity contribution in [1.82, 2.24) is 14.9 Å². The van der Waals surface area contributed by atoms with Crippen LogP contribution in [0.1, 0.15) is 34.6 Å². The van der Waals surface area contributed by atoms with E-state index in [9.17, 15) is 4.79 Å². The summed E-state index contributed by atoms with van der Waals surface area (Å²) in [5, 5.41) is 5.86. The van der Waals surface area contributed by atoms with Crippen LogP contribution in [0.3, 0.4) is 0 Å². The van der Waals surface area contributed by atoms with Crippen LogP contribution in [0.15, 0.2) is 41.5 Å². The molecule has 0 radical (unpaired) electrons. The number of rotatable bonds is 5. The van der Waals surface area contributed by atoms with Crippen molar-refractivity contribution in [2.24, 2.45) is 5.92 Å². The van der Waals surface area contributed by atoms with Gasteiger partial charge < -0.3 is 5.32 Å². The molecule has 148 valence electrons. The van der Waals surface area contributed by atoms with Crippen molar-refractivity contribution < 1.29 is 0 Å². The standard InChI is InChI=1S/C23H23N3OS2/c27-23-21-18-8-7-16(24-11-14-5-6-14)10-20(18)29-22(21)25-13-26(23)12-17-9-15-3-1-2-4-19(15)28-17/h1-4,9,13-14,16,24H,5-8,10-12H2. The Kier molecular flexibility index (Phi) is 4.32. The third kappa shape index (κ3) is 3.33. The molecule has 4 aromatic rings. The summed E-state index contributed by atoms with van der Waals surface area (Å²) in [6.45, 7) is 1.75. The lowest BCUT2D eigenvalue weighted by atomic mass is 9.93. The molecule has 1 saturated carbocycles. The molecule has 2 aliphatic carbocycles. The van der Waals surface area contributed by atoms with Crippen LogP contribution in [0, 0.1) is 5.92 Å². The molecule has 1 atom stereocenters. The average molecular weight is 422 g/mol. The molecule has 3 aromatic heterocycles. The molecule has 3 heterocycles. The first-order valence-electron chi connectivity index (χ1n) is 10.4. The predicted octanol–water partition coefficient (Wildman–Crippen LogP) is 4.58. The molecule has 0 aliphatic heterocycles. The molecular weight excluding hydrogens is 398 g/mol. The van der Waals surface area contributed by atoms with Gasteiger partial charge in [-0.25, -0.2) is 4.98 Å². The number of hydrogen-bond donors (Lipinski definition) is 1. The summed E-state index contributed by atoms with van der Waals surface area (Å²) in [5.41, 5.74) is 1.38. The highest BCUT2D eigenvalue weighted by molar-refractivity contribution is 7.19. The number of hydrogen-bond acceptors (Lipinski definition) is 5. The third-order valence-corrected chi connectivity index (χ3v) is 8.49. The number of nitrogens with zero attached hydrogens (tertiary/aromatic N) is 2. The Bertz CT molecular complexity index is 1230. The van der Waals surface area contributed by atoms with Crippen LogP contribution in [0.5, 0.6) is 0 Å². The van der Waals surface area contributed by atoms with E-state index in [0.717, 1.165) is 41.9 Å². The smallest absolute Gasteiger partial charge is 0.262 e. The number of aromatic nitrogens is 2. The van der Waals surface area contributed by atoms with E-state index in [4.69, 9.17) is 0 Å². The average Bonchev–Trinajstić information content (AvgIpc) is 3.35. The fraction of sp³-hybridized carbons (Fsp3) is 0.391. The maximum absolute atomic E-state index is 13.3. The first kappa shape index (κ1) is 17.8. The van der Waals surface area contributed by atoms with Gasteiger partial charge in [-0.2, -0.15) is 0 Å². The minimum absolute atomic E-state index is 0.120. The van der Waals surface area contributed by atoms with Crippen molar-refractivity contribution >= 4 is 43.0 Å². The van der Waals surface area contributed by atoms with Crippen LogP contribution in [0.4, 0.5) is 0 Å². The maximum atomic E-state index is 13.3. The van der Waals surface area contributed by atoms with Crippen LogP contribution in [-0.4, -0.2) is 22.1 Å². The lowest BCUT2D eigenvalue weighted by Gasteiger charge is -2.23. The van der Waals surface area contributed by atoms with Crippen LogP contribution in [0.25, 0.3) is 20.3 Å². The molecule has 4 nitrogen and oxygen atoms in total. The second-order valence-corrected chi connectivity index (χ2v) is 10.7. The molecule has 1 fully saturated rings. The van der Waals surface area contributed by atoms with Gasteiger partial charge in [-0.15, -0.1) is 22.7 Å². The molecule has 6 rings (SSSR count). The van der Waals surface area contributed by atoms with E-state index < -0.39 is 0 Å². The molecule has 2 aliphatic rings. The maximum Gasteiger partial charge on any atom is 0.262 e. The fourth-order valence-corrected chi connectivity index (χ4v) is 6.75. The molecular formula is C23H23N3OS2. The third-order valence-electron chi connectivity index (χ3n) is 6.23. The number of thiophene rings is 2. The quantitative estimate of drug-likeness (QED) is 0.513. The van der Waals surface area contributed by atoms with Crippen molar-refractivity contribution in [3.63, 3.8) is 0 Å². The normalized spacial score (nSPS) is 19.1. The largest absolute Gasteiger partial charge is 0.313 e. The van der Waals surface area contributed by atoms with E-state index in [2.05, 4.69) is 40.6 Å². The zero-order valence-corrected chi connectivity index (χ0v) is 17.8. The summed E-state index contributed by atoms with van der Waals surface area (Å²) in [4.78, 5) is 21.5. The molecule has 0 saturated heterocycles. The van der Waals surface area contributed by atoms with Crippen LogP contribution in [-0.2, 0) is 19.4 Å². The highest BCUT2D eigenvalue weighted by Crippen LogP contribution is 2.34. The monoisotopic (exact) mass is 421 g/mol. The van der Waals surface area contributed by atoms with Gasteiger partial charge >= 0.3 is 0 Å². The van der Waals surface area contributed by atoms with Gasteiger partial charge in [-0.05, 0) is 67.6 Å². The SMILES string of the molecule is O=c1c2c3c(sc2ncn1Cc1cc2ccccc2s1)CC(NCC1CC1)CC3. The fourth-order valence-electron chi connectivity index (χ4n) is 4.43. The van der Waals surface area contributed by atoms with E-state index in [1.807, 2.05) is 0 Å². The number of aryl methyl sites for hydroxylation is 1. The molecule has 0 amide bonds. The van der Waals surface area contributed by atoms with E-state index in [1.165, 1.54) is 38.2 Å².